The van der Waals surface area contributed by atoms with Crippen molar-refractivity contribution in [3.8, 4) is 0 Å². The Bertz CT molecular complexity index is 181. The van der Waals surface area contributed by atoms with Gasteiger partial charge in [0.15, 0.2) is 0 Å². The Labute approximate surface area is 80.1 Å². The van der Waals surface area contributed by atoms with Crippen molar-refractivity contribution in [2.75, 3.05) is 6.61 Å². The van der Waals surface area contributed by atoms with Crippen molar-refractivity contribution in [2.24, 2.45) is 5.41 Å². The standard InChI is InChI=1S/C10H20O3/c1-6-10(12,9(3,4)5)7-13-8(2)11/h12H,6-7H2,1-5H3. The molecule has 0 aromatic rings. The number of aliphatic hydroxyl groups is 1. The maximum Gasteiger partial charge on any atom is 0.302 e. The molecule has 0 heterocycles. The molecule has 0 fully saturated rings. The molecule has 0 spiro atoms. The molecule has 1 unspecified atom stereocenters. The van der Waals surface area contributed by atoms with Gasteiger partial charge < -0.3 is 9.84 Å². The van der Waals surface area contributed by atoms with Gasteiger partial charge in [-0.2, -0.15) is 0 Å². The summed E-state index contributed by atoms with van der Waals surface area (Å²) in [6, 6.07) is 0. The second-order valence-electron chi connectivity index (χ2n) is 4.42. The van der Waals surface area contributed by atoms with Gasteiger partial charge >= 0.3 is 5.97 Å². The lowest BCUT2D eigenvalue weighted by Crippen LogP contribution is -2.46. The molecule has 1 atom stereocenters. The predicted octanol–water partition coefficient (Wildman–Crippen LogP) is 1.74. The summed E-state index contributed by atoms with van der Waals surface area (Å²) in [4.78, 5) is 10.6. The fourth-order valence-corrected chi connectivity index (χ4v) is 1.07. The molecule has 0 amide bonds. The Kier molecular flexibility index (Phi) is 3.91. The molecule has 0 saturated carbocycles. The van der Waals surface area contributed by atoms with E-state index < -0.39 is 5.60 Å². The van der Waals surface area contributed by atoms with Crippen molar-refractivity contribution < 1.29 is 14.6 Å². The molecular formula is C10H20O3. The third kappa shape index (κ3) is 3.35. The molecule has 0 bridgehead atoms. The van der Waals surface area contributed by atoms with E-state index in [4.69, 9.17) is 4.74 Å². The van der Waals surface area contributed by atoms with Crippen molar-refractivity contribution >= 4 is 5.97 Å². The van der Waals surface area contributed by atoms with Crippen molar-refractivity contribution in [3.63, 3.8) is 0 Å². The summed E-state index contributed by atoms with van der Waals surface area (Å²) in [5.41, 5.74) is -1.21. The lowest BCUT2D eigenvalue weighted by molar-refractivity contribution is -0.158. The first-order valence-electron chi connectivity index (χ1n) is 4.58. The smallest absolute Gasteiger partial charge is 0.302 e. The first kappa shape index (κ1) is 12.4. The second-order valence-corrected chi connectivity index (χ2v) is 4.42. The van der Waals surface area contributed by atoms with Crippen LogP contribution in [-0.2, 0) is 9.53 Å². The highest BCUT2D eigenvalue weighted by Gasteiger charge is 2.39. The predicted molar refractivity (Wildman–Crippen MR) is 51.3 cm³/mol. The van der Waals surface area contributed by atoms with E-state index in [2.05, 4.69) is 0 Å². The Morgan fingerprint density at radius 2 is 1.85 bits per heavy atom. The summed E-state index contributed by atoms with van der Waals surface area (Å²) in [5.74, 6) is -0.351. The summed E-state index contributed by atoms with van der Waals surface area (Å²) >= 11 is 0. The molecule has 0 aromatic heterocycles. The number of esters is 1. The van der Waals surface area contributed by atoms with Crippen LogP contribution in [0.3, 0.4) is 0 Å². The Balaban J connectivity index is 4.38. The van der Waals surface area contributed by atoms with Gasteiger partial charge in [0.1, 0.15) is 12.2 Å². The van der Waals surface area contributed by atoms with E-state index in [-0.39, 0.29) is 18.0 Å². The normalized spacial score (nSPS) is 16.5. The summed E-state index contributed by atoms with van der Waals surface area (Å²) in [7, 11) is 0. The molecule has 0 aliphatic rings. The topological polar surface area (TPSA) is 46.5 Å². The minimum atomic E-state index is -0.932. The van der Waals surface area contributed by atoms with Gasteiger partial charge in [0, 0.05) is 6.92 Å². The van der Waals surface area contributed by atoms with Crippen molar-refractivity contribution in [1.82, 2.24) is 0 Å². The van der Waals surface area contributed by atoms with Crippen molar-refractivity contribution in [1.29, 1.82) is 0 Å². The largest absolute Gasteiger partial charge is 0.463 e. The van der Waals surface area contributed by atoms with Gasteiger partial charge in [-0.1, -0.05) is 27.7 Å². The van der Waals surface area contributed by atoms with E-state index in [0.717, 1.165) is 0 Å². The third-order valence-electron chi connectivity index (χ3n) is 2.50. The van der Waals surface area contributed by atoms with E-state index in [1.165, 1.54) is 6.92 Å². The second kappa shape index (κ2) is 4.09. The number of ether oxygens (including phenoxy) is 1. The Morgan fingerprint density at radius 3 is 2.08 bits per heavy atom. The fourth-order valence-electron chi connectivity index (χ4n) is 1.07. The Morgan fingerprint density at radius 1 is 1.38 bits per heavy atom. The molecule has 3 heteroatoms. The molecule has 0 aliphatic heterocycles. The molecule has 0 rings (SSSR count). The van der Waals surface area contributed by atoms with Crippen LogP contribution in [-0.4, -0.2) is 23.3 Å². The minimum Gasteiger partial charge on any atom is -0.463 e. The van der Waals surface area contributed by atoms with Crippen LogP contribution < -0.4 is 0 Å². The Hall–Kier alpha value is -0.570. The van der Waals surface area contributed by atoms with Crippen molar-refractivity contribution in [2.45, 2.75) is 46.6 Å². The van der Waals surface area contributed by atoms with Gasteiger partial charge in [-0.25, -0.2) is 0 Å². The molecule has 0 saturated heterocycles. The van der Waals surface area contributed by atoms with Gasteiger partial charge in [-0.3, -0.25) is 4.79 Å². The van der Waals surface area contributed by atoms with E-state index in [1.54, 1.807) is 0 Å². The van der Waals surface area contributed by atoms with Gasteiger partial charge in [0.05, 0.1) is 0 Å². The average molecular weight is 188 g/mol. The van der Waals surface area contributed by atoms with Gasteiger partial charge in [0.2, 0.25) is 0 Å². The quantitative estimate of drug-likeness (QED) is 0.686. The average Bonchev–Trinajstić information content (AvgIpc) is 1.98. The van der Waals surface area contributed by atoms with Gasteiger partial charge in [-0.15, -0.1) is 0 Å². The molecular weight excluding hydrogens is 168 g/mol. The molecule has 78 valence electrons. The number of hydrogen-bond acceptors (Lipinski definition) is 3. The van der Waals surface area contributed by atoms with E-state index >= 15 is 0 Å². The first-order valence-corrected chi connectivity index (χ1v) is 4.58. The number of carbonyl (C=O) groups is 1. The van der Waals surface area contributed by atoms with Gasteiger partial charge in [-0.05, 0) is 11.8 Å². The van der Waals surface area contributed by atoms with Crippen LogP contribution in [0.2, 0.25) is 0 Å². The summed E-state index contributed by atoms with van der Waals surface area (Å²) in [6.45, 7) is 9.09. The number of rotatable bonds is 3. The fraction of sp³-hybridized carbons (Fsp3) is 0.900. The lowest BCUT2D eigenvalue weighted by Gasteiger charge is -2.38. The zero-order chi connectivity index (χ0) is 10.7. The van der Waals surface area contributed by atoms with E-state index in [9.17, 15) is 9.90 Å². The van der Waals surface area contributed by atoms with E-state index in [0.29, 0.717) is 6.42 Å². The van der Waals surface area contributed by atoms with Crippen LogP contribution in [0, 0.1) is 5.41 Å². The van der Waals surface area contributed by atoms with Crippen LogP contribution in [0.5, 0.6) is 0 Å². The third-order valence-corrected chi connectivity index (χ3v) is 2.50. The van der Waals surface area contributed by atoms with Crippen LogP contribution in [0.15, 0.2) is 0 Å². The molecule has 0 radical (unpaired) electrons. The van der Waals surface area contributed by atoms with Crippen LogP contribution >= 0.6 is 0 Å². The summed E-state index contributed by atoms with van der Waals surface area (Å²) in [6.07, 6.45) is 0.573. The monoisotopic (exact) mass is 188 g/mol. The molecule has 0 aromatic carbocycles. The van der Waals surface area contributed by atoms with Crippen LogP contribution in [0.1, 0.15) is 41.0 Å². The first-order chi connectivity index (χ1) is 5.73. The minimum absolute atomic E-state index is 0.0718. The molecule has 0 aliphatic carbocycles. The highest BCUT2D eigenvalue weighted by Crippen LogP contribution is 2.33. The molecule has 3 nitrogen and oxygen atoms in total. The summed E-state index contributed by atoms with van der Waals surface area (Å²) < 4.78 is 4.84. The highest BCUT2D eigenvalue weighted by molar-refractivity contribution is 5.65. The SMILES string of the molecule is CCC(O)(COC(C)=O)C(C)(C)C. The highest BCUT2D eigenvalue weighted by atomic mass is 16.5. The van der Waals surface area contributed by atoms with Gasteiger partial charge in [0.25, 0.3) is 0 Å². The number of hydrogen-bond donors (Lipinski definition) is 1. The molecule has 13 heavy (non-hydrogen) atoms. The summed E-state index contributed by atoms with van der Waals surface area (Å²) in [5, 5.41) is 10.1. The maximum absolute atomic E-state index is 10.6. The number of carbonyl (C=O) groups excluding carboxylic acids is 1. The zero-order valence-electron chi connectivity index (χ0n) is 9.18. The molecule has 1 N–H and O–H groups in total. The van der Waals surface area contributed by atoms with E-state index in [1.807, 2.05) is 27.7 Å². The maximum atomic E-state index is 10.6. The lowest BCUT2D eigenvalue weighted by atomic mass is 9.75. The van der Waals surface area contributed by atoms with Crippen LogP contribution in [0.25, 0.3) is 0 Å². The van der Waals surface area contributed by atoms with Crippen molar-refractivity contribution in [3.05, 3.63) is 0 Å². The zero-order valence-corrected chi connectivity index (χ0v) is 9.18. The van der Waals surface area contributed by atoms with Crippen LogP contribution in [0.4, 0.5) is 0 Å².